The Morgan fingerprint density at radius 3 is 1.38 bits per heavy atom. The monoisotopic (exact) mass is 370 g/mol. The summed E-state index contributed by atoms with van der Waals surface area (Å²) in [5.74, 6) is -0.912. The fraction of sp³-hybridized carbons (Fsp3) is 0.0500. The minimum Gasteiger partial charge on any atom is -0.478 e. The molecule has 0 aromatic heterocycles. The average Bonchev–Trinajstić information content (AvgIpc) is 2.61. The van der Waals surface area contributed by atoms with E-state index in [1.54, 1.807) is 12.1 Å². The Morgan fingerprint density at radius 1 is 0.731 bits per heavy atom. The Balaban J connectivity index is 0.000000431. The predicted molar refractivity (Wildman–Crippen MR) is 102 cm³/mol. The normalized spacial score (nSPS) is 10.5. The van der Waals surface area contributed by atoms with Crippen molar-refractivity contribution in [3.8, 4) is 22.3 Å². The lowest BCUT2D eigenvalue weighted by Crippen LogP contribution is -1.97. The highest BCUT2D eigenvalue weighted by Crippen LogP contribution is 2.28. The van der Waals surface area contributed by atoms with E-state index in [0.29, 0.717) is 11.8 Å². The summed E-state index contributed by atoms with van der Waals surface area (Å²) >= 11 is 0. The molecule has 0 aliphatic rings. The number of carboxylic acid groups (broad SMARTS) is 1. The van der Waals surface area contributed by atoms with E-state index in [9.17, 15) is 18.3 Å². The van der Waals surface area contributed by atoms with Crippen molar-refractivity contribution in [3.05, 3.63) is 84.4 Å². The molecule has 3 rings (SSSR count). The molecule has 6 heteroatoms. The molecule has 0 aliphatic carbocycles. The van der Waals surface area contributed by atoms with E-state index >= 15 is 0 Å². The van der Waals surface area contributed by atoms with Crippen LogP contribution in [-0.4, -0.2) is 30.3 Å². The SMILES string of the molecule is CS(=O)(=O)O.O=C(O)c1cc(-c2ccccc2)cc(-c2ccccc2)c1. The van der Waals surface area contributed by atoms with Gasteiger partial charge in [0.05, 0.1) is 11.8 Å². The van der Waals surface area contributed by atoms with Gasteiger partial charge < -0.3 is 5.11 Å². The van der Waals surface area contributed by atoms with Gasteiger partial charge in [-0.2, -0.15) is 8.42 Å². The van der Waals surface area contributed by atoms with Crippen molar-refractivity contribution in [2.24, 2.45) is 0 Å². The number of hydrogen-bond donors (Lipinski definition) is 2. The zero-order valence-electron chi connectivity index (χ0n) is 14.0. The molecule has 0 aliphatic heterocycles. The second kappa shape index (κ2) is 8.42. The van der Waals surface area contributed by atoms with Crippen LogP contribution in [-0.2, 0) is 10.1 Å². The molecule has 0 fully saturated rings. The topological polar surface area (TPSA) is 91.7 Å². The Kier molecular flexibility index (Phi) is 6.27. The van der Waals surface area contributed by atoms with Crippen molar-refractivity contribution in [1.29, 1.82) is 0 Å². The average molecular weight is 370 g/mol. The fourth-order valence-corrected chi connectivity index (χ4v) is 2.35. The molecule has 0 heterocycles. The lowest BCUT2D eigenvalue weighted by Gasteiger charge is -2.08. The van der Waals surface area contributed by atoms with Gasteiger partial charge in [-0.1, -0.05) is 60.7 Å². The Labute approximate surface area is 152 Å². The smallest absolute Gasteiger partial charge is 0.335 e. The molecule has 3 aromatic rings. The van der Waals surface area contributed by atoms with Gasteiger partial charge in [0, 0.05) is 0 Å². The Morgan fingerprint density at radius 2 is 1.08 bits per heavy atom. The van der Waals surface area contributed by atoms with E-state index in [1.165, 1.54) is 0 Å². The molecule has 0 bridgehead atoms. The number of benzene rings is 3. The second-order valence-electron chi connectivity index (χ2n) is 5.57. The first kappa shape index (κ1) is 19.4. The van der Waals surface area contributed by atoms with Gasteiger partial charge in [0.1, 0.15) is 0 Å². The van der Waals surface area contributed by atoms with E-state index in [1.807, 2.05) is 66.7 Å². The summed E-state index contributed by atoms with van der Waals surface area (Å²) in [4.78, 5) is 11.4. The van der Waals surface area contributed by atoms with Gasteiger partial charge in [-0.05, 0) is 40.5 Å². The lowest BCUT2D eigenvalue weighted by molar-refractivity contribution is 0.0697. The summed E-state index contributed by atoms with van der Waals surface area (Å²) in [6.45, 7) is 0. The Bertz CT molecular complexity index is 915. The maximum absolute atomic E-state index is 11.4. The molecule has 0 saturated heterocycles. The maximum atomic E-state index is 11.4. The second-order valence-corrected chi connectivity index (χ2v) is 7.04. The number of aromatic carboxylic acids is 1. The maximum Gasteiger partial charge on any atom is 0.335 e. The first-order chi connectivity index (χ1) is 12.2. The number of hydrogen-bond acceptors (Lipinski definition) is 3. The molecule has 0 radical (unpaired) electrons. The molecule has 5 nitrogen and oxygen atoms in total. The van der Waals surface area contributed by atoms with Gasteiger partial charge in [-0.3, -0.25) is 4.55 Å². The van der Waals surface area contributed by atoms with Crippen LogP contribution in [0.15, 0.2) is 78.9 Å². The van der Waals surface area contributed by atoms with Crippen LogP contribution in [0.2, 0.25) is 0 Å². The van der Waals surface area contributed by atoms with Crippen molar-refractivity contribution >= 4 is 16.1 Å². The van der Waals surface area contributed by atoms with Crippen molar-refractivity contribution in [2.75, 3.05) is 6.26 Å². The third-order valence-electron chi connectivity index (χ3n) is 3.39. The number of rotatable bonds is 3. The summed E-state index contributed by atoms with van der Waals surface area (Å²) in [6.07, 6.45) is 0.715. The molecule has 3 aromatic carbocycles. The van der Waals surface area contributed by atoms with Crippen LogP contribution < -0.4 is 0 Å². The van der Waals surface area contributed by atoms with Crippen LogP contribution in [0.4, 0.5) is 0 Å². The molecular formula is C20H18O5S. The highest BCUT2D eigenvalue weighted by atomic mass is 32.2. The standard InChI is InChI=1S/C19H14O2.CH4O3S/c20-19(21)18-12-16(14-7-3-1-4-8-14)11-17(13-18)15-9-5-2-6-10-15;1-5(2,3)4/h1-13H,(H,20,21);1H3,(H,2,3,4). The molecule has 0 atom stereocenters. The van der Waals surface area contributed by atoms with E-state index < -0.39 is 16.1 Å². The molecule has 0 saturated carbocycles. The van der Waals surface area contributed by atoms with Gasteiger partial charge in [0.2, 0.25) is 0 Å². The van der Waals surface area contributed by atoms with Gasteiger partial charge in [0.25, 0.3) is 10.1 Å². The van der Waals surface area contributed by atoms with E-state index in [4.69, 9.17) is 4.55 Å². The molecule has 0 unspecified atom stereocenters. The third kappa shape index (κ3) is 6.16. The van der Waals surface area contributed by atoms with Crippen molar-refractivity contribution in [1.82, 2.24) is 0 Å². The van der Waals surface area contributed by atoms with Gasteiger partial charge in [-0.25, -0.2) is 4.79 Å². The Hall–Kier alpha value is -2.96. The van der Waals surface area contributed by atoms with Crippen LogP contribution in [0.1, 0.15) is 10.4 Å². The first-order valence-electron chi connectivity index (χ1n) is 7.66. The van der Waals surface area contributed by atoms with Crippen LogP contribution in [0.3, 0.4) is 0 Å². The largest absolute Gasteiger partial charge is 0.478 e. The highest BCUT2D eigenvalue weighted by Gasteiger charge is 2.09. The van der Waals surface area contributed by atoms with Crippen molar-refractivity contribution < 1.29 is 22.9 Å². The third-order valence-corrected chi connectivity index (χ3v) is 3.39. The summed E-state index contributed by atoms with van der Waals surface area (Å²) < 4.78 is 25.9. The zero-order chi connectivity index (χ0) is 19.2. The van der Waals surface area contributed by atoms with Gasteiger partial charge in [0.15, 0.2) is 0 Å². The van der Waals surface area contributed by atoms with Gasteiger partial charge in [-0.15, -0.1) is 0 Å². The molecule has 2 N–H and O–H groups in total. The van der Waals surface area contributed by atoms with Crippen LogP contribution in [0, 0.1) is 0 Å². The minimum atomic E-state index is -3.67. The minimum absolute atomic E-state index is 0.301. The molecule has 0 spiro atoms. The van der Waals surface area contributed by atoms with Crippen LogP contribution in [0.5, 0.6) is 0 Å². The summed E-state index contributed by atoms with van der Waals surface area (Å²) in [7, 11) is -3.67. The summed E-state index contributed by atoms with van der Waals surface area (Å²) in [5, 5.41) is 9.33. The molecular weight excluding hydrogens is 352 g/mol. The van der Waals surface area contributed by atoms with Crippen LogP contribution >= 0.6 is 0 Å². The van der Waals surface area contributed by atoms with E-state index in [0.717, 1.165) is 22.3 Å². The van der Waals surface area contributed by atoms with Gasteiger partial charge >= 0.3 is 5.97 Å². The number of carbonyl (C=O) groups is 1. The predicted octanol–water partition coefficient (Wildman–Crippen LogP) is 4.22. The molecule has 134 valence electrons. The number of carboxylic acids is 1. The quantitative estimate of drug-likeness (QED) is 0.674. The van der Waals surface area contributed by atoms with Crippen LogP contribution in [0.25, 0.3) is 22.3 Å². The molecule has 26 heavy (non-hydrogen) atoms. The fourth-order valence-electron chi connectivity index (χ4n) is 2.35. The zero-order valence-corrected chi connectivity index (χ0v) is 14.8. The summed E-state index contributed by atoms with van der Waals surface area (Å²) in [5.41, 5.74) is 4.15. The van der Waals surface area contributed by atoms with Crippen molar-refractivity contribution in [2.45, 2.75) is 0 Å². The van der Waals surface area contributed by atoms with Crippen molar-refractivity contribution in [3.63, 3.8) is 0 Å². The summed E-state index contributed by atoms with van der Waals surface area (Å²) in [6, 6.07) is 25.1. The first-order valence-corrected chi connectivity index (χ1v) is 9.50. The molecule has 0 amide bonds. The van der Waals surface area contributed by atoms with E-state index in [2.05, 4.69) is 0 Å². The van der Waals surface area contributed by atoms with E-state index in [-0.39, 0.29) is 0 Å². The highest BCUT2D eigenvalue weighted by molar-refractivity contribution is 7.85. The lowest BCUT2D eigenvalue weighted by atomic mass is 9.96.